The third-order valence-corrected chi connectivity index (χ3v) is 6.68. The summed E-state index contributed by atoms with van der Waals surface area (Å²) >= 11 is 0. The number of anilines is 1. The Hall–Kier alpha value is -2.17. The van der Waals surface area contributed by atoms with Crippen molar-refractivity contribution in [3.05, 3.63) is 29.8 Å². The third-order valence-electron chi connectivity index (χ3n) is 6.68. The molecule has 0 spiro atoms. The standard InChI is InChI=1S/C22H27NO4/c1-13(24)18-3-5-19(6-4-18)23-20(25)14(2)27-21(26)22-10-15-7-16(11-22)9-17(8-15)12-22/h3-6,14-17H,7-12H2,1-2H3,(H,23,25)/t14-,15?,16?,17?,22?/m0/s1. The van der Waals surface area contributed by atoms with Crippen molar-refractivity contribution in [2.45, 2.75) is 58.5 Å². The summed E-state index contributed by atoms with van der Waals surface area (Å²) in [5, 5.41) is 2.76. The van der Waals surface area contributed by atoms with Crippen LogP contribution in [0.25, 0.3) is 0 Å². The maximum atomic E-state index is 12.9. The Morgan fingerprint density at radius 2 is 1.52 bits per heavy atom. The molecule has 0 aromatic heterocycles. The minimum absolute atomic E-state index is 0.0225. The molecule has 4 aliphatic rings. The second kappa shape index (κ2) is 6.77. The SMILES string of the molecule is CC(=O)c1ccc(NC(=O)[C@H](C)OC(=O)C23CC4CC(CC(C4)C2)C3)cc1. The lowest BCUT2D eigenvalue weighted by Crippen LogP contribution is -2.51. The molecular weight excluding hydrogens is 342 g/mol. The lowest BCUT2D eigenvalue weighted by atomic mass is 9.49. The molecule has 1 N–H and O–H groups in total. The van der Waals surface area contributed by atoms with Crippen LogP contribution in [0.2, 0.25) is 0 Å². The van der Waals surface area contributed by atoms with Crippen molar-refractivity contribution < 1.29 is 19.1 Å². The second-order valence-corrected chi connectivity index (χ2v) is 8.87. The van der Waals surface area contributed by atoms with Crippen LogP contribution in [0.1, 0.15) is 62.7 Å². The van der Waals surface area contributed by atoms with E-state index in [-0.39, 0.29) is 23.1 Å². The van der Waals surface area contributed by atoms with Crippen molar-refractivity contribution in [1.29, 1.82) is 0 Å². The molecule has 0 aliphatic heterocycles. The van der Waals surface area contributed by atoms with Crippen LogP contribution < -0.4 is 5.32 Å². The Morgan fingerprint density at radius 1 is 1.00 bits per heavy atom. The van der Waals surface area contributed by atoms with Gasteiger partial charge in [-0.15, -0.1) is 0 Å². The first-order chi connectivity index (χ1) is 12.8. The summed E-state index contributed by atoms with van der Waals surface area (Å²) in [5.41, 5.74) is 0.823. The summed E-state index contributed by atoms with van der Waals surface area (Å²) in [4.78, 5) is 36.7. The number of ether oxygens (including phenoxy) is 1. The van der Waals surface area contributed by atoms with Gasteiger partial charge in [-0.1, -0.05) is 0 Å². The quantitative estimate of drug-likeness (QED) is 0.629. The Balaban J connectivity index is 1.37. The summed E-state index contributed by atoms with van der Waals surface area (Å²) in [6.07, 6.45) is 5.74. The third kappa shape index (κ3) is 3.52. The average Bonchev–Trinajstić information content (AvgIpc) is 2.60. The molecule has 1 amide bonds. The van der Waals surface area contributed by atoms with Crippen LogP contribution in [0.4, 0.5) is 5.69 Å². The largest absolute Gasteiger partial charge is 0.452 e. The van der Waals surface area contributed by atoms with Gasteiger partial charge in [-0.2, -0.15) is 0 Å². The van der Waals surface area contributed by atoms with Gasteiger partial charge in [0.2, 0.25) is 0 Å². The molecule has 4 aliphatic carbocycles. The molecule has 1 atom stereocenters. The van der Waals surface area contributed by atoms with E-state index in [9.17, 15) is 14.4 Å². The van der Waals surface area contributed by atoms with Crippen molar-refractivity contribution in [2.24, 2.45) is 23.2 Å². The van der Waals surface area contributed by atoms with E-state index in [1.807, 2.05) is 0 Å². The van der Waals surface area contributed by atoms with E-state index in [1.165, 1.54) is 26.2 Å². The van der Waals surface area contributed by atoms with Crippen molar-refractivity contribution in [1.82, 2.24) is 0 Å². The number of hydrogen-bond donors (Lipinski definition) is 1. The van der Waals surface area contributed by atoms with Crippen molar-refractivity contribution >= 4 is 23.3 Å². The predicted octanol–water partition coefficient (Wildman–Crippen LogP) is 3.98. The van der Waals surface area contributed by atoms with Crippen molar-refractivity contribution in [3.63, 3.8) is 0 Å². The number of carbonyl (C=O) groups excluding carboxylic acids is 3. The lowest BCUT2D eigenvalue weighted by Gasteiger charge is -2.55. The Labute approximate surface area is 159 Å². The van der Waals surface area contributed by atoms with E-state index < -0.39 is 6.10 Å². The number of Topliss-reactive ketones (excluding diaryl/α,β-unsaturated/α-hetero) is 1. The summed E-state index contributed by atoms with van der Waals surface area (Å²) < 4.78 is 5.63. The monoisotopic (exact) mass is 369 g/mol. The van der Waals surface area contributed by atoms with Crippen LogP contribution in [-0.2, 0) is 14.3 Å². The van der Waals surface area contributed by atoms with Crippen LogP contribution in [0.3, 0.4) is 0 Å². The smallest absolute Gasteiger partial charge is 0.312 e. The fraction of sp³-hybridized carbons (Fsp3) is 0.591. The van der Waals surface area contributed by atoms with Gasteiger partial charge in [0.15, 0.2) is 11.9 Å². The van der Waals surface area contributed by atoms with Gasteiger partial charge in [0.1, 0.15) is 0 Å². The van der Waals surface area contributed by atoms with E-state index in [1.54, 1.807) is 31.2 Å². The van der Waals surface area contributed by atoms with Crippen LogP contribution in [0.15, 0.2) is 24.3 Å². The molecule has 0 saturated heterocycles. The Bertz CT molecular complexity index is 732. The average molecular weight is 369 g/mol. The topological polar surface area (TPSA) is 72.5 Å². The molecule has 27 heavy (non-hydrogen) atoms. The number of amides is 1. The number of benzene rings is 1. The minimum Gasteiger partial charge on any atom is -0.452 e. The fourth-order valence-electron chi connectivity index (χ4n) is 5.73. The maximum Gasteiger partial charge on any atom is 0.312 e. The summed E-state index contributed by atoms with van der Waals surface area (Å²) in [7, 11) is 0. The van der Waals surface area contributed by atoms with E-state index in [0.717, 1.165) is 19.3 Å². The molecule has 5 heteroatoms. The van der Waals surface area contributed by atoms with E-state index in [2.05, 4.69) is 5.32 Å². The van der Waals surface area contributed by atoms with Crippen molar-refractivity contribution in [3.8, 4) is 0 Å². The first kappa shape index (κ1) is 18.2. The van der Waals surface area contributed by atoms with E-state index >= 15 is 0 Å². The van der Waals surface area contributed by atoms with Crippen LogP contribution in [0.5, 0.6) is 0 Å². The minimum atomic E-state index is -0.835. The second-order valence-electron chi connectivity index (χ2n) is 8.87. The fourth-order valence-corrected chi connectivity index (χ4v) is 5.73. The number of ketones is 1. The molecule has 4 fully saturated rings. The maximum absolute atomic E-state index is 12.9. The summed E-state index contributed by atoms with van der Waals surface area (Å²) in [6.45, 7) is 3.12. The molecule has 5 nitrogen and oxygen atoms in total. The zero-order valence-electron chi connectivity index (χ0n) is 16.0. The molecule has 4 saturated carbocycles. The summed E-state index contributed by atoms with van der Waals surface area (Å²) in [5.74, 6) is 1.43. The zero-order valence-corrected chi connectivity index (χ0v) is 16.0. The number of carbonyl (C=O) groups is 3. The Kier molecular flexibility index (Phi) is 4.57. The van der Waals surface area contributed by atoms with Gasteiger partial charge in [-0.3, -0.25) is 14.4 Å². The zero-order chi connectivity index (χ0) is 19.2. The molecule has 1 aromatic carbocycles. The number of esters is 1. The lowest BCUT2D eigenvalue weighted by molar-refractivity contribution is -0.177. The number of hydrogen-bond acceptors (Lipinski definition) is 4. The van der Waals surface area contributed by atoms with E-state index in [4.69, 9.17) is 4.74 Å². The molecular formula is C22H27NO4. The van der Waals surface area contributed by atoms with Crippen molar-refractivity contribution in [2.75, 3.05) is 5.32 Å². The van der Waals surface area contributed by atoms with Gasteiger partial charge in [0.25, 0.3) is 5.91 Å². The first-order valence-electron chi connectivity index (χ1n) is 9.97. The van der Waals surface area contributed by atoms with Gasteiger partial charge in [-0.05, 0) is 94.4 Å². The van der Waals surface area contributed by atoms with Crippen LogP contribution in [0, 0.1) is 23.2 Å². The molecule has 0 unspecified atom stereocenters. The highest BCUT2D eigenvalue weighted by molar-refractivity contribution is 5.97. The van der Waals surface area contributed by atoms with Crippen LogP contribution >= 0.6 is 0 Å². The number of rotatable bonds is 5. The highest BCUT2D eigenvalue weighted by Gasteiger charge is 2.55. The molecule has 0 heterocycles. The molecule has 144 valence electrons. The Morgan fingerprint density at radius 3 is 2.00 bits per heavy atom. The number of nitrogens with one attached hydrogen (secondary N) is 1. The summed E-state index contributed by atoms with van der Waals surface area (Å²) in [6, 6.07) is 6.71. The molecule has 5 rings (SSSR count). The highest BCUT2D eigenvalue weighted by Crippen LogP contribution is 2.60. The van der Waals surface area contributed by atoms with Gasteiger partial charge in [0.05, 0.1) is 5.41 Å². The van der Waals surface area contributed by atoms with Gasteiger partial charge in [0, 0.05) is 11.3 Å². The van der Waals surface area contributed by atoms with Gasteiger partial charge < -0.3 is 10.1 Å². The normalized spacial score (nSPS) is 32.0. The predicted molar refractivity (Wildman–Crippen MR) is 101 cm³/mol. The van der Waals surface area contributed by atoms with Gasteiger partial charge in [-0.25, -0.2) is 0 Å². The van der Waals surface area contributed by atoms with E-state index in [0.29, 0.717) is 29.0 Å². The molecule has 4 bridgehead atoms. The molecule has 1 aromatic rings. The molecule has 0 radical (unpaired) electrons. The highest BCUT2D eigenvalue weighted by atomic mass is 16.5. The van der Waals surface area contributed by atoms with Gasteiger partial charge >= 0.3 is 5.97 Å². The van der Waals surface area contributed by atoms with Crippen LogP contribution in [-0.4, -0.2) is 23.8 Å². The first-order valence-corrected chi connectivity index (χ1v) is 9.97.